The molecule has 1 aromatic heterocycles. The first-order valence-corrected chi connectivity index (χ1v) is 8.10. The zero-order valence-corrected chi connectivity index (χ0v) is 14.5. The minimum Gasteiger partial charge on any atom is -0.456 e. The third-order valence-corrected chi connectivity index (χ3v) is 4.08. The maximum absolute atomic E-state index is 12.4. The Bertz CT molecular complexity index is 967. The van der Waals surface area contributed by atoms with Crippen LogP contribution in [0.4, 0.5) is 0 Å². The van der Waals surface area contributed by atoms with Gasteiger partial charge in [0.05, 0.1) is 5.39 Å². The number of nitrogens with one attached hydrogen (secondary N) is 1. The molecule has 0 radical (unpaired) electrons. The van der Waals surface area contributed by atoms with E-state index in [4.69, 9.17) is 4.74 Å². The van der Waals surface area contributed by atoms with Crippen molar-refractivity contribution in [3.63, 3.8) is 0 Å². The third kappa shape index (κ3) is 3.60. The second-order valence-electron chi connectivity index (χ2n) is 6.97. The number of aromatic amines is 1. The van der Waals surface area contributed by atoms with Crippen LogP contribution in [-0.2, 0) is 16.8 Å². The molecule has 0 saturated carbocycles. The minimum absolute atomic E-state index is 0.0773. The summed E-state index contributed by atoms with van der Waals surface area (Å²) in [5.74, 6) is -0.563. The maximum Gasteiger partial charge on any atom is 0.359 e. The Labute approximate surface area is 145 Å². The summed E-state index contributed by atoms with van der Waals surface area (Å²) in [6.07, 6.45) is 0. The monoisotopic (exact) mass is 336 g/mol. The molecule has 0 aliphatic carbocycles. The smallest absolute Gasteiger partial charge is 0.359 e. The Morgan fingerprint density at radius 2 is 1.68 bits per heavy atom. The number of rotatable bonds is 3. The first kappa shape index (κ1) is 16.9. The molecule has 0 amide bonds. The highest BCUT2D eigenvalue weighted by Crippen LogP contribution is 2.22. The summed E-state index contributed by atoms with van der Waals surface area (Å²) in [5, 5.41) is 7.09. The lowest BCUT2D eigenvalue weighted by molar-refractivity contribution is 0.0467. The van der Waals surface area contributed by atoms with Gasteiger partial charge < -0.3 is 4.74 Å². The molecule has 2 aromatic carbocycles. The molecule has 3 rings (SSSR count). The molecule has 0 aliphatic heterocycles. The number of hydrogen-bond acceptors (Lipinski definition) is 4. The van der Waals surface area contributed by atoms with Crippen molar-refractivity contribution in [3.05, 3.63) is 75.7 Å². The molecule has 0 bridgehead atoms. The molecule has 0 fully saturated rings. The molecule has 3 aromatic rings. The van der Waals surface area contributed by atoms with E-state index in [-0.39, 0.29) is 23.3 Å². The van der Waals surface area contributed by atoms with Crippen molar-refractivity contribution < 1.29 is 9.53 Å². The average Bonchev–Trinajstić information content (AvgIpc) is 2.60. The van der Waals surface area contributed by atoms with Gasteiger partial charge in [-0.15, -0.1) is 0 Å². The highest BCUT2D eigenvalue weighted by Gasteiger charge is 2.16. The lowest BCUT2D eigenvalue weighted by Crippen LogP contribution is -2.16. The van der Waals surface area contributed by atoms with Gasteiger partial charge in [-0.3, -0.25) is 4.79 Å². The predicted octanol–water partition coefficient (Wildman–Crippen LogP) is 3.58. The Morgan fingerprint density at radius 1 is 1.04 bits per heavy atom. The van der Waals surface area contributed by atoms with Crippen LogP contribution in [0.25, 0.3) is 10.8 Å². The normalized spacial score (nSPS) is 11.5. The number of aromatic nitrogens is 2. The van der Waals surface area contributed by atoms with Gasteiger partial charge in [0.25, 0.3) is 5.56 Å². The lowest BCUT2D eigenvalue weighted by atomic mass is 9.87. The van der Waals surface area contributed by atoms with Crippen LogP contribution >= 0.6 is 0 Å². The van der Waals surface area contributed by atoms with E-state index in [1.54, 1.807) is 24.3 Å². The van der Waals surface area contributed by atoms with Crippen molar-refractivity contribution in [2.24, 2.45) is 0 Å². The molecule has 0 unspecified atom stereocenters. The summed E-state index contributed by atoms with van der Waals surface area (Å²) < 4.78 is 5.36. The summed E-state index contributed by atoms with van der Waals surface area (Å²) >= 11 is 0. The largest absolute Gasteiger partial charge is 0.456 e. The van der Waals surface area contributed by atoms with Crippen molar-refractivity contribution in [2.75, 3.05) is 0 Å². The number of H-pyrrole nitrogens is 1. The van der Waals surface area contributed by atoms with Gasteiger partial charge >= 0.3 is 5.97 Å². The second kappa shape index (κ2) is 6.51. The first-order valence-electron chi connectivity index (χ1n) is 8.10. The zero-order valence-electron chi connectivity index (χ0n) is 14.5. The molecular weight excluding hydrogens is 316 g/mol. The van der Waals surface area contributed by atoms with Crippen LogP contribution in [0, 0.1) is 0 Å². The van der Waals surface area contributed by atoms with Crippen LogP contribution in [0.1, 0.15) is 42.4 Å². The quantitative estimate of drug-likeness (QED) is 0.742. The van der Waals surface area contributed by atoms with Crippen molar-refractivity contribution in [1.82, 2.24) is 10.2 Å². The van der Waals surface area contributed by atoms with Crippen molar-refractivity contribution in [2.45, 2.75) is 32.8 Å². The van der Waals surface area contributed by atoms with Gasteiger partial charge in [-0.25, -0.2) is 9.89 Å². The van der Waals surface area contributed by atoms with Crippen molar-refractivity contribution in [3.8, 4) is 0 Å². The van der Waals surface area contributed by atoms with Gasteiger partial charge in [0.1, 0.15) is 6.61 Å². The molecule has 0 aliphatic rings. The Hall–Kier alpha value is -2.95. The summed E-state index contributed by atoms with van der Waals surface area (Å²) in [6.45, 7) is 6.59. The molecule has 0 atom stereocenters. The molecule has 25 heavy (non-hydrogen) atoms. The van der Waals surface area contributed by atoms with Gasteiger partial charge in [-0.2, -0.15) is 5.10 Å². The van der Waals surface area contributed by atoms with E-state index in [2.05, 4.69) is 31.0 Å². The van der Waals surface area contributed by atoms with Crippen LogP contribution in [0.15, 0.2) is 53.3 Å². The highest BCUT2D eigenvalue weighted by atomic mass is 16.5. The molecule has 1 N–H and O–H groups in total. The number of carbonyl (C=O) groups excluding carboxylic acids is 1. The molecule has 0 spiro atoms. The van der Waals surface area contributed by atoms with Crippen LogP contribution in [-0.4, -0.2) is 16.2 Å². The molecule has 128 valence electrons. The van der Waals surface area contributed by atoms with E-state index in [1.165, 1.54) is 5.56 Å². The van der Waals surface area contributed by atoms with Gasteiger partial charge in [-0.05, 0) is 22.6 Å². The summed E-state index contributed by atoms with van der Waals surface area (Å²) in [5.41, 5.74) is 1.98. The zero-order chi connectivity index (χ0) is 18.0. The van der Waals surface area contributed by atoms with Gasteiger partial charge in [0.15, 0.2) is 5.69 Å². The number of nitrogens with zero attached hydrogens (tertiary/aromatic N) is 1. The number of benzene rings is 2. The van der Waals surface area contributed by atoms with Crippen LogP contribution in [0.5, 0.6) is 0 Å². The summed E-state index contributed by atoms with van der Waals surface area (Å²) in [4.78, 5) is 24.1. The number of fused-ring (bicyclic) bond motifs is 1. The fourth-order valence-electron chi connectivity index (χ4n) is 2.59. The van der Waals surface area contributed by atoms with E-state index in [9.17, 15) is 9.59 Å². The summed E-state index contributed by atoms with van der Waals surface area (Å²) in [7, 11) is 0. The SMILES string of the molecule is CC(C)(C)c1ccc(COC(=O)c2n[nH]c(=O)c3ccccc23)cc1. The van der Waals surface area contributed by atoms with Crippen LogP contribution in [0.3, 0.4) is 0 Å². The Kier molecular flexibility index (Phi) is 4.40. The number of esters is 1. The highest BCUT2D eigenvalue weighted by molar-refractivity contribution is 6.01. The van der Waals surface area contributed by atoms with E-state index < -0.39 is 5.97 Å². The maximum atomic E-state index is 12.4. The van der Waals surface area contributed by atoms with E-state index >= 15 is 0 Å². The minimum atomic E-state index is -0.563. The number of carbonyl (C=O) groups is 1. The van der Waals surface area contributed by atoms with E-state index in [1.807, 2.05) is 24.3 Å². The molecular formula is C20H20N2O3. The molecule has 5 heteroatoms. The van der Waals surface area contributed by atoms with Gasteiger partial charge in [-0.1, -0.05) is 63.2 Å². The third-order valence-electron chi connectivity index (χ3n) is 4.08. The second-order valence-corrected chi connectivity index (χ2v) is 6.97. The predicted molar refractivity (Wildman–Crippen MR) is 96.6 cm³/mol. The fraction of sp³-hybridized carbons (Fsp3) is 0.250. The number of ether oxygens (including phenoxy) is 1. The topological polar surface area (TPSA) is 72.0 Å². The Balaban J connectivity index is 1.78. The van der Waals surface area contributed by atoms with E-state index in [0.29, 0.717) is 10.8 Å². The standard InChI is InChI=1S/C20H20N2O3/c1-20(2,3)14-10-8-13(9-11-14)12-25-19(24)17-15-6-4-5-7-16(15)18(23)22-21-17/h4-11H,12H2,1-3H3,(H,22,23). The van der Waals surface area contributed by atoms with E-state index in [0.717, 1.165) is 5.56 Å². The summed E-state index contributed by atoms with van der Waals surface area (Å²) in [6, 6.07) is 14.8. The number of hydrogen-bond donors (Lipinski definition) is 1. The van der Waals surface area contributed by atoms with Crippen LogP contribution < -0.4 is 5.56 Å². The first-order chi connectivity index (χ1) is 11.9. The molecule has 0 saturated heterocycles. The molecule has 5 nitrogen and oxygen atoms in total. The fourth-order valence-corrected chi connectivity index (χ4v) is 2.59. The Morgan fingerprint density at radius 3 is 2.32 bits per heavy atom. The van der Waals surface area contributed by atoms with Crippen molar-refractivity contribution >= 4 is 16.7 Å². The van der Waals surface area contributed by atoms with Crippen molar-refractivity contribution in [1.29, 1.82) is 0 Å². The average molecular weight is 336 g/mol. The lowest BCUT2D eigenvalue weighted by Gasteiger charge is -2.19. The van der Waals surface area contributed by atoms with Crippen LogP contribution in [0.2, 0.25) is 0 Å². The van der Waals surface area contributed by atoms with Gasteiger partial charge in [0.2, 0.25) is 0 Å². The van der Waals surface area contributed by atoms with Gasteiger partial charge in [0, 0.05) is 5.39 Å². The molecule has 1 heterocycles.